The molecule has 0 bridgehead atoms. The number of unbranched alkanes of at least 4 members (excludes halogenated alkanes) is 1. The minimum absolute atomic E-state index is 0.820. The van der Waals surface area contributed by atoms with E-state index in [9.17, 15) is 0 Å². The molecule has 74 valence electrons. The minimum Gasteiger partial charge on any atom is -0.385 e. The zero-order chi connectivity index (χ0) is 9.07. The molecule has 0 fully saturated rings. The highest BCUT2D eigenvalue weighted by molar-refractivity contribution is 4.41. The average molecular weight is 175 g/mol. The molecule has 0 aromatic rings. The predicted octanol–water partition coefficient (Wildman–Crippen LogP) is 1.04. The first-order valence-electron chi connectivity index (χ1n) is 4.69. The summed E-state index contributed by atoms with van der Waals surface area (Å²) in [7, 11) is 1.73. The van der Waals surface area contributed by atoms with Gasteiger partial charge in [-0.3, -0.25) is 0 Å². The predicted molar refractivity (Wildman–Crippen MR) is 50.5 cm³/mol. The number of hydrogen-bond donors (Lipinski definition) is 1. The SMILES string of the molecule is CCNCCOCCCCOC. The normalized spacial score (nSPS) is 10.5. The van der Waals surface area contributed by atoms with E-state index >= 15 is 0 Å². The fourth-order valence-electron chi connectivity index (χ4n) is 0.874. The standard InChI is InChI=1S/C9H21NO2/c1-3-10-6-9-12-8-5-4-7-11-2/h10H,3-9H2,1-2H3. The summed E-state index contributed by atoms with van der Waals surface area (Å²) in [6.45, 7) is 6.60. The van der Waals surface area contributed by atoms with Crippen LogP contribution in [0.1, 0.15) is 19.8 Å². The van der Waals surface area contributed by atoms with Crippen LogP contribution in [0.25, 0.3) is 0 Å². The van der Waals surface area contributed by atoms with Crippen molar-refractivity contribution in [2.45, 2.75) is 19.8 Å². The van der Waals surface area contributed by atoms with E-state index in [0.717, 1.165) is 45.8 Å². The molecule has 0 spiro atoms. The number of rotatable bonds is 9. The van der Waals surface area contributed by atoms with E-state index in [4.69, 9.17) is 9.47 Å². The second-order valence-corrected chi connectivity index (χ2v) is 2.67. The molecule has 0 atom stereocenters. The highest BCUT2D eigenvalue weighted by atomic mass is 16.5. The molecule has 3 heteroatoms. The van der Waals surface area contributed by atoms with Crippen molar-refractivity contribution in [1.82, 2.24) is 5.32 Å². The highest BCUT2D eigenvalue weighted by Crippen LogP contribution is 1.89. The van der Waals surface area contributed by atoms with Crippen LogP contribution in [0.4, 0.5) is 0 Å². The van der Waals surface area contributed by atoms with Gasteiger partial charge in [0.2, 0.25) is 0 Å². The van der Waals surface area contributed by atoms with Crippen molar-refractivity contribution in [3.63, 3.8) is 0 Å². The fourth-order valence-corrected chi connectivity index (χ4v) is 0.874. The zero-order valence-electron chi connectivity index (χ0n) is 8.27. The van der Waals surface area contributed by atoms with Crippen molar-refractivity contribution in [2.75, 3.05) is 40.0 Å². The van der Waals surface area contributed by atoms with Gasteiger partial charge in [-0.1, -0.05) is 6.92 Å². The second kappa shape index (κ2) is 10.9. The summed E-state index contributed by atoms with van der Waals surface area (Å²) >= 11 is 0. The van der Waals surface area contributed by atoms with Crippen molar-refractivity contribution in [1.29, 1.82) is 0 Å². The lowest BCUT2D eigenvalue weighted by molar-refractivity contribution is 0.121. The Hall–Kier alpha value is -0.120. The number of ether oxygens (including phenoxy) is 2. The minimum atomic E-state index is 0.820. The molecule has 0 aliphatic rings. The van der Waals surface area contributed by atoms with Crippen LogP contribution in [0.3, 0.4) is 0 Å². The van der Waals surface area contributed by atoms with Crippen LogP contribution >= 0.6 is 0 Å². The fraction of sp³-hybridized carbons (Fsp3) is 1.00. The van der Waals surface area contributed by atoms with Crippen molar-refractivity contribution in [3.05, 3.63) is 0 Å². The molecular weight excluding hydrogens is 154 g/mol. The molecule has 0 aliphatic heterocycles. The third-order valence-electron chi connectivity index (χ3n) is 1.56. The van der Waals surface area contributed by atoms with Crippen molar-refractivity contribution in [3.8, 4) is 0 Å². The molecule has 0 unspecified atom stereocenters. The summed E-state index contributed by atoms with van der Waals surface area (Å²) in [4.78, 5) is 0. The molecule has 0 aromatic carbocycles. The number of methoxy groups -OCH3 is 1. The third kappa shape index (κ3) is 9.88. The van der Waals surface area contributed by atoms with Crippen LogP contribution in [0.2, 0.25) is 0 Å². The monoisotopic (exact) mass is 175 g/mol. The Morgan fingerprint density at radius 2 is 1.83 bits per heavy atom. The first-order chi connectivity index (χ1) is 5.91. The molecule has 0 saturated carbocycles. The van der Waals surface area contributed by atoms with Gasteiger partial charge in [-0.2, -0.15) is 0 Å². The maximum Gasteiger partial charge on any atom is 0.0590 e. The molecule has 0 aliphatic carbocycles. The van der Waals surface area contributed by atoms with E-state index in [1.807, 2.05) is 0 Å². The lowest BCUT2D eigenvalue weighted by atomic mass is 10.3. The van der Waals surface area contributed by atoms with Crippen molar-refractivity contribution in [2.24, 2.45) is 0 Å². The molecule has 3 nitrogen and oxygen atoms in total. The molecule has 12 heavy (non-hydrogen) atoms. The summed E-state index contributed by atoms with van der Waals surface area (Å²) in [6.07, 6.45) is 2.19. The van der Waals surface area contributed by atoms with Crippen molar-refractivity contribution < 1.29 is 9.47 Å². The molecule has 0 aromatic heterocycles. The van der Waals surface area contributed by atoms with E-state index in [0.29, 0.717) is 0 Å². The first-order valence-corrected chi connectivity index (χ1v) is 4.69. The Kier molecular flexibility index (Phi) is 10.8. The maximum atomic E-state index is 5.36. The molecular formula is C9H21NO2. The summed E-state index contributed by atoms with van der Waals surface area (Å²) in [5.74, 6) is 0. The van der Waals surface area contributed by atoms with Crippen molar-refractivity contribution >= 4 is 0 Å². The quantitative estimate of drug-likeness (QED) is 0.531. The Morgan fingerprint density at radius 3 is 2.50 bits per heavy atom. The smallest absolute Gasteiger partial charge is 0.0590 e. The molecule has 0 amide bonds. The first kappa shape index (κ1) is 11.9. The zero-order valence-corrected chi connectivity index (χ0v) is 8.27. The van der Waals surface area contributed by atoms with Gasteiger partial charge in [0.1, 0.15) is 0 Å². The van der Waals surface area contributed by atoms with Crippen LogP contribution in [0, 0.1) is 0 Å². The third-order valence-corrected chi connectivity index (χ3v) is 1.56. The molecule has 0 rings (SSSR count). The van der Waals surface area contributed by atoms with Gasteiger partial charge < -0.3 is 14.8 Å². The second-order valence-electron chi connectivity index (χ2n) is 2.67. The molecule has 0 saturated heterocycles. The lowest BCUT2D eigenvalue weighted by Crippen LogP contribution is -2.19. The van der Waals surface area contributed by atoms with Gasteiger partial charge in [-0.15, -0.1) is 0 Å². The van der Waals surface area contributed by atoms with Gasteiger partial charge in [0.25, 0.3) is 0 Å². The summed E-state index contributed by atoms with van der Waals surface area (Å²) < 4.78 is 10.3. The molecule has 0 heterocycles. The lowest BCUT2D eigenvalue weighted by Gasteiger charge is -2.03. The van der Waals surface area contributed by atoms with E-state index in [2.05, 4.69) is 12.2 Å². The van der Waals surface area contributed by atoms with Crippen LogP contribution in [0.5, 0.6) is 0 Å². The number of nitrogens with one attached hydrogen (secondary N) is 1. The largest absolute Gasteiger partial charge is 0.385 e. The van der Waals surface area contributed by atoms with E-state index in [-0.39, 0.29) is 0 Å². The van der Waals surface area contributed by atoms with E-state index < -0.39 is 0 Å². The average Bonchev–Trinajstić information content (AvgIpc) is 2.10. The molecule has 0 radical (unpaired) electrons. The Labute approximate surface area is 75.4 Å². The van der Waals surface area contributed by atoms with Gasteiger partial charge in [-0.25, -0.2) is 0 Å². The number of likely N-dealkylation sites (N-methyl/N-ethyl adjacent to an activating group) is 1. The Bertz CT molecular complexity index is 68.9. The summed E-state index contributed by atoms with van der Waals surface area (Å²) in [5, 5.41) is 3.20. The van der Waals surface area contributed by atoms with Gasteiger partial charge in [-0.05, 0) is 19.4 Å². The van der Waals surface area contributed by atoms with E-state index in [1.54, 1.807) is 7.11 Å². The summed E-state index contributed by atoms with van der Waals surface area (Å²) in [6, 6.07) is 0. The topological polar surface area (TPSA) is 30.5 Å². The van der Waals surface area contributed by atoms with Gasteiger partial charge in [0, 0.05) is 26.9 Å². The maximum absolute atomic E-state index is 5.36. The van der Waals surface area contributed by atoms with Gasteiger partial charge >= 0.3 is 0 Å². The van der Waals surface area contributed by atoms with Crippen LogP contribution in [-0.2, 0) is 9.47 Å². The van der Waals surface area contributed by atoms with E-state index in [1.165, 1.54) is 0 Å². The Morgan fingerprint density at radius 1 is 1.08 bits per heavy atom. The number of hydrogen-bond acceptors (Lipinski definition) is 3. The Balaban J connectivity index is 2.73. The molecule has 1 N–H and O–H groups in total. The van der Waals surface area contributed by atoms with Gasteiger partial charge in [0.15, 0.2) is 0 Å². The van der Waals surface area contributed by atoms with Crippen LogP contribution in [0.15, 0.2) is 0 Å². The highest BCUT2D eigenvalue weighted by Gasteiger charge is 1.88. The summed E-state index contributed by atoms with van der Waals surface area (Å²) in [5.41, 5.74) is 0. The van der Waals surface area contributed by atoms with Crippen LogP contribution < -0.4 is 5.32 Å². The van der Waals surface area contributed by atoms with Crippen LogP contribution in [-0.4, -0.2) is 40.0 Å². The van der Waals surface area contributed by atoms with Gasteiger partial charge in [0.05, 0.1) is 6.61 Å².